The molecule has 0 atom stereocenters. The van der Waals surface area contributed by atoms with Gasteiger partial charge in [-0.3, -0.25) is 0 Å². The lowest BCUT2D eigenvalue weighted by molar-refractivity contribution is 0.269. The van der Waals surface area contributed by atoms with Crippen LogP contribution in [0, 0.1) is 0 Å². The van der Waals surface area contributed by atoms with Gasteiger partial charge < -0.3 is 14.8 Å². The molecule has 0 aliphatic carbocycles. The maximum Gasteiger partial charge on any atom is 0.180 e. The van der Waals surface area contributed by atoms with Crippen LogP contribution in [-0.2, 0) is 13.2 Å². The van der Waals surface area contributed by atoms with Crippen molar-refractivity contribution >= 4 is 23.2 Å². The number of hydrogen-bond donors (Lipinski definition) is 1. The Morgan fingerprint density at radius 2 is 1.83 bits per heavy atom. The van der Waals surface area contributed by atoms with E-state index in [1.54, 1.807) is 0 Å². The fourth-order valence-electron chi connectivity index (χ4n) is 2.18. The summed E-state index contributed by atoms with van der Waals surface area (Å²) in [5, 5.41) is 4.51. The average Bonchev–Trinajstić information content (AvgIpc) is 2.52. The van der Waals surface area contributed by atoms with Crippen molar-refractivity contribution in [3.63, 3.8) is 0 Å². The standard InChI is InChI=1S/C18H21Cl2NO2/c1-3-21-11-14-9-16(20)18(17(10-14)22-4-2)23-12-13-6-5-7-15(19)8-13/h5-10,21H,3-4,11-12H2,1-2H3. The summed E-state index contributed by atoms with van der Waals surface area (Å²) in [5.74, 6) is 1.23. The maximum absolute atomic E-state index is 6.39. The number of hydrogen-bond acceptors (Lipinski definition) is 3. The van der Waals surface area contributed by atoms with Crippen LogP contribution in [0.1, 0.15) is 25.0 Å². The molecule has 0 aliphatic heterocycles. The van der Waals surface area contributed by atoms with Gasteiger partial charge in [0, 0.05) is 11.6 Å². The van der Waals surface area contributed by atoms with Crippen LogP contribution in [0.15, 0.2) is 36.4 Å². The first-order valence-electron chi connectivity index (χ1n) is 7.67. The van der Waals surface area contributed by atoms with E-state index < -0.39 is 0 Å². The molecule has 124 valence electrons. The summed E-state index contributed by atoms with van der Waals surface area (Å²) in [7, 11) is 0. The molecule has 0 saturated carbocycles. The Morgan fingerprint density at radius 3 is 2.52 bits per heavy atom. The summed E-state index contributed by atoms with van der Waals surface area (Å²) in [6.45, 7) is 6.57. The van der Waals surface area contributed by atoms with E-state index in [1.165, 1.54) is 0 Å². The summed E-state index contributed by atoms with van der Waals surface area (Å²) < 4.78 is 11.6. The van der Waals surface area contributed by atoms with Crippen molar-refractivity contribution in [3.05, 3.63) is 57.6 Å². The Labute approximate surface area is 147 Å². The normalized spacial score (nSPS) is 10.6. The van der Waals surface area contributed by atoms with E-state index in [9.17, 15) is 0 Å². The minimum atomic E-state index is 0.382. The molecule has 5 heteroatoms. The number of halogens is 2. The molecule has 0 bridgehead atoms. The zero-order chi connectivity index (χ0) is 16.7. The number of ether oxygens (including phenoxy) is 2. The van der Waals surface area contributed by atoms with Crippen LogP contribution in [-0.4, -0.2) is 13.2 Å². The van der Waals surface area contributed by atoms with Crippen molar-refractivity contribution in [2.24, 2.45) is 0 Å². The van der Waals surface area contributed by atoms with Crippen LogP contribution in [0.2, 0.25) is 10.0 Å². The van der Waals surface area contributed by atoms with Crippen LogP contribution in [0.5, 0.6) is 11.5 Å². The highest BCUT2D eigenvalue weighted by molar-refractivity contribution is 6.32. The molecule has 0 saturated heterocycles. The molecule has 2 rings (SSSR count). The Hall–Kier alpha value is -1.42. The van der Waals surface area contributed by atoms with Gasteiger partial charge in [0.15, 0.2) is 11.5 Å². The maximum atomic E-state index is 6.39. The molecule has 1 N–H and O–H groups in total. The number of benzene rings is 2. The number of nitrogens with one attached hydrogen (secondary N) is 1. The first kappa shape index (κ1) is 17.9. The lowest BCUT2D eigenvalue weighted by Crippen LogP contribution is -2.12. The van der Waals surface area contributed by atoms with Gasteiger partial charge in [-0.2, -0.15) is 0 Å². The van der Waals surface area contributed by atoms with Gasteiger partial charge >= 0.3 is 0 Å². The second kappa shape index (κ2) is 9.02. The van der Waals surface area contributed by atoms with Gasteiger partial charge in [0.05, 0.1) is 11.6 Å². The highest BCUT2D eigenvalue weighted by Crippen LogP contribution is 2.37. The topological polar surface area (TPSA) is 30.5 Å². The highest BCUT2D eigenvalue weighted by Gasteiger charge is 2.13. The molecule has 0 fully saturated rings. The molecule has 3 nitrogen and oxygen atoms in total. The molecule has 2 aromatic carbocycles. The fraction of sp³-hybridized carbons (Fsp3) is 0.333. The third-order valence-electron chi connectivity index (χ3n) is 3.22. The smallest absolute Gasteiger partial charge is 0.180 e. The van der Waals surface area contributed by atoms with E-state index >= 15 is 0 Å². The third-order valence-corrected chi connectivity index (χ3v) is 3.74. The first-order valence-corrected chi connectivity index (χ1v) is 8.42. The van der Waals surface area contributed by atoms with Crippen molar-refractivity contribution < 1.29 is 9.47 Å². The molecule has 0 aliphatic rings. The van der Waals surface area contributed by atoms with E-state index in [4.69, 9.17) is 32.7 Å². The van der Waals surface area contributed by atoms with Gasteiger partial charge in [-0.15, -0.1) is 0 Å². The van der Waals surface area contributed by atoms with Gasteiger partial charge in [0.1, 0.15) is 6.61 Å². The minimum Gasteiger partial charge on any atom is -0.490 e. The van der Waals surface area contributed by atoms with Crippen LogP contribution in [0.25, 0.3) is 0 Å². The van der Waals surface area contributed by atoms with E-state index in [0.717, 1.165) is 24.2 Å². The second-order valence-corrected chi connectivity index (χ2v) is 5.88. The molecule has 0 amide bonds. The summed E-state index contributed by atoms with van der Waals surface area (Å²) in [6, 6.07) is 11.4. The SMILES string of the molecule is CCNCc1cc(Cl)c(OCc2cccc(Cl)c2)c(OCC)c1. The number of rotatable bonds is 8. The minimum absolute atomic E-state index is 0.382. The summed E-state index contributed by atoms with van der Waals surface area (Å²) in [4.78, 5) is 0. The van der Waals surface area contributed by atoms with Crippen LogP contribution < -0.4 is 14.8 Å². The van der Waals surface area contributed by atoms with Gasteiger partial charge in [-0.1, -0.05) is 42.3 Å². The molecule has 2 aromatic rings. The van der Waals surface area contributed by atoms with Crippen molar-refractivity contribution in [2.45, 2.75) is 27.0 Å². The predicted octanol–water partition coefficient (Wildman–Crippen LogP) is 5.08. The van der Waals surface area contributed by atoms with E-state index in [2.05, 4.69) is 12.2 Å². The van der Waals surface area contributed by atoms with Crippen LogP contribution in [0.3, 0.4) is 0 Å². The lowest BCUT2D eigenvalue weighted by atomic mass is 10.2. The van der Waals surface area contributed by atoms with Crippen molar-refractivity contribution in [1.29, 1.82) is 0 Å². The van der Waals surface area contributed by atoms with Crippen molar-refractivity contribution in [3.8, 4) is 11.5 Å². The van der Waals surface area contributed by atoms with Gasteiger partial charge in [0.25, 0.3) is 0 Å². The molecule has 0 radical (unpaired) electrons. The zero-order valence-corrected chi connectivity index (χ0v) is 14.9. The Morgan fingerprint density at radius 1 is 1.00 bits per heavy atom. The van der Waals surface area contributed by atoms with E-state index in [1.807, 2.05) is 43.3 Å². The molecule has 23 heavy (non-hydrogen) atoms. The van der Waals surface area contributed by atoms with Gasteiger partial charge in [-0.25, -0.2) is 0 Å². The Bertz CT molecular complexity index is 647. The molecule has 0 heterocycles. The Kier molecular flexibility index (Phi) is 7.03. The lowest BCUT2D eigenvalue weighted by Gasteiger charge is -2.15. The molecule has 0 aromatic heterocycles. The van der Waals surface area contributed by atoms with Crippen molar-refractivity contribution in [1.82, 2.24) is 5.32 Å². The third kappa shape index (κ3) is 5.31. The van der Waals surface area contributed by atoms with Crippen molar-refractivity contribution in [2.75, 3.05) is 13.2 Å². The quantitative estimate of drug-likeness (QED) is 0.717. The average molecular weight is 354 g/mol. The molecular weight excluding hydrogens is 333 g/mol. The molecule has 0 spiro atoms. The Balaban J connectivity index is 2.18. The monoisotopic (exact) mass is 353 g/mol. The fourth-order valence-corrected chi connectivity index (χ4v) is 2.68. The van der Waals surface area contributed by atoms with Crippen LogP contribution in [0.4, 0.5) is 0 Å². The summed E-state index contributed by atoms with van der Waals surface area (Å²) >= 11 is 12.4. The molecule has 0 unspecified atom stereocenters. The second-order valence-electron chi connectivity index (χ2n) is 5.04. The zero-order valence-electron chi connectivity index (χ0n) is 13.4. The summed E-state index contributed by atoms with van der Waals surface area (Å²) in [6.07, 6.45) is 0. The predicted molar refractivity (Wildman–Crippen MR) is 95.8 cm³/mol. The largest absolute Gasteiger partial charge is 0.490 e. The highest BCUT2D eigenvalue weighted by atomic mass is 35.5. The van der Waals surface area contributed by atoms with E-state index in [-0.39, 0.29) is 0 Å². The first-order chi connectivity index (χ1) is 11.1. The van der Waals surface area contributed by atoms with Gasteiger partial charge in [-0.05, 0) is 48.9 Å². The van der Waals surface area contributed by atoms with Gasteiger partial charge in [0.2, 0.25) is 0 Å². The summed E-state index contributed by atoms with van der Waals surface area (Å²) in [5.41, 5.74) is 2.04. The van der Waals surface area contributed by atoms with Crippen LogP contribution >= 0.6 is 23.2 Å². The van der Waals surface area contributed by atoms with E-state index in [0.29, 0.717) is 34.8 Å². The molecular formula is C18H21Cl2NO2.